The van der Waals surface area contributed by atoms with Gasteiger partial charge in [-0.15, -0.1) is 11.3 Å². The van der Waals surface area contributed by atoms with Crippen molar-refractivity contribution in [2.75, 3.05) is 11.9 Å². The average Bonchev–Trinajstić information content (AvgIpc) is 3.00. The molecule has 1 aromatic heterocycles. The Kier molecular flexibility index (Phi) is 5.55. The van der Waals surface area contributed by atoms with Gasteiger partial charge in [0.1, 0.15) is 5.75 Å². The highest BCUT2D eigenvalue weighted by atomic mass is 32.1. The number of carbonyl (C=O) groups is 2. The monoisotopic (exact) mass is 318 g/mol. The molecule has 0 aliphatic heterocycles. The maximum absolute atomic E-state index is 11.9. The number of amides is 2. The Bertz CT molecular complexity index is 641. The van der Waals surface area contributed by atoms with Gasteiger partial charge in [-0.05, 0) is 30.5 Å². The van der Waals surface area contributed by atoms with E-state index in [1.54, 1.807) is 35.6 Å². The molecule has 2 rings (SSSR count). The molecule has 0 unspecified atom stereocenters. The number of para-hydroxylation sites is 2. The minimum absolute atomic E-state index is 0.0540. The van der Waals surface area contributed by atoms with E-state index in [1.807, 2.05) is 24.4 Å². The molecule has 5 nitrogen and oxygen atoms in total. The summed E-state index contributed by atoms with van der Waals surface area (Å²) in [7, 11) is 0. The highest BCUT2D eigenvalue weighted by Crippen LogP contribution is 2.23. The highest BCUT2D eigenvalue weighted by Gasteiger charge is 2.12. The van der Waals surface area contributed by atoms with Gasteiger partial charge < -0.3 is 15.4 Å². The fourth-order valence-electron chi connectivity index (χ4n) is 1.92. The van der Waals surface area contributed by atoms with Crippen molar-refractivity contribution in [2.24, 2.45) is 0 Å². The average molecular weight is 318 g/mol. The largest absolute Gasteiger partial charge is 0.482 e. The second-order valence-corrected chi connectivity index (χ2v) is 5.75. The van der Waals surface area contributed by atoms with Gasteiger partial charge in [0, 0.05) is 11.8 Å². The van der Waals surface area contributed by atoms with Gasteiger partial charge in [0.15, 0.2) is 6.61 Å². The SMILES string of the molecule is CC(=O)Nc1ccccc1OCC(=O)N[C@H](C)c1cccs1. The van der Waals surface area contributed by atoms with Gasteiger partial charge in [-0.3, -0.25) is 9.59 Å². The Morgan fingerprint density at radius 2 is 2.00 bits per heavy atom. The number of hydrogen-bond acceptors (Lipinski definition) is 4. The number of nitrogens with one attached hydrogen (secondary N) is 2. The summed E-state index contributed by atoms with van der Waals surface area (Å²) in [6.07, 6.45) is 0. The summed E-state index contributed by atoms with van der Waals surface area (Å²) in [5.74, 6) is 0.0713. The second-order valence-electron chi connectivity index (χ2n) is 4.77. The Morgan fingerprint density at radius 1 is 1.23 bits per heavy atom. The first-order valence-corrected chi connectivity index (χ1v) is 7.76. The second kappa shape index (κ2) is 7.61. The van der Waals surface area contributed by atoms with Crippen molar-refractivity contribution >= 4 is 28.8 Å². The molecule has 1 heterocycles. The number of benzene rings is 1. The fraction of sp³-hybridized carbons (Fsp3) is 0.250. The normalized spacial score (nSPS) is 11.5. The molecule has 0 radical (unpaired) electrons. The molecule has 0 bridgehead atoms. The van der Waals surface area contributed by atoms with Crippen molar-refractivity contribution in [1.82, 2.24) is 5.32 Å². The van der Waals surface area contributed by atoms with Crippen molar-refractivity contribution in [2.45, 2.75) is 19.9 Å². The van der Waals surface area contributed by atoms with E-state index < -0.39 is 0 Å². The number of rotatable bonds is 6. The Hall–Kier alpha value is -2.34. The molecule has 0 saturated heterocycles. The topological polar surface area (TPSA) is 67.4 Å². The molecule has 0 fully saturated rings. The summed E-state index contributed by atoms with van der Waals surface area (Å²) in [5, 5.41) is 7.51. The molecule has 116 valence electrons. The summed E-state index contributed by atoms with van der Waals surface area (Å²) in [6.45, 7) is 3.24. The first kappa shape index (κ1) is 16.0. The molecule has 1 atom stereocenters. The summed E-state index contributed by atoms with van der Waals surface area (Å²) in [4.78, 5) is 24.2. The van der Waals surface area contributed by atoms with Crippen LogP contribution in [0.5, 0.6) is 5.75 Å². The van der Waals surface area contributed by atoms with Crippen LogP contribution >= 0.6 is 11.3 Å². The van der Waals surface area contributed by atoms with Gasteiger partial charge in [-0.25, -0.2) is 0 Å². The van der Waals surface area contributed by atoms with E-state index in [0.29, 0.717) is 11.4 Å². The van der Waals surface area contributed by atoms with Gasteiger partial charge in [-0.1, -0.05) is 18.2 Å². The number of hydrogen-bond donors (Lipinski definition) is 2. The quantitative estimate of drug-likeness (QED) is 0.860. The predicted molar refractivity (Wildman–Crippen MR) is 87.1 cm³/mol. The third kappa shape index (κ3) is 4.60. The minimum Gasteiger partial charge on any atom is -0.482 e. The van der Waals surface area contributed by atoms with E-state index in [4.69, 9.17) is 4.74 Å². The van der Waals surface area contributed by atoms with E-state index >= 15 is 0 Å². The lowest BCUT2D eigenvalue weighted by Crippen LogP contribution is -2.31. The zero-order valence-corrected chi connectivity index (χ0v) is 13.3. The van der Waals surface area contributed by atoms with E-state index in [2.05, 4.69) is 10.6 Å². The molecular weight excluding hydrogens is 300 g/mol. The van der Waals surface area contributed by atoms with Crippen LogP contribution in [0.25, 0.3) is 0 Å². The molecule has 2 amide bonds. The van der Waals surface area contributed by atoms with Crippen molar-refractivity contribution in [1.29, 1.82) is 0 Å². The van der Waals surface area contributed by atoms with Gasteiger partial charge in [0.25, 0.3) is 5.91 Å². The standard InChI is InChI=1S/C16H18N2O3S/c1-11(15-8-5-9-22-15)17-16(20)10-21-14-7-4-3-6-13(14)18-12(2)19/h3-9,11H,10H2,1-2H3,(H,17,20)(H,18,19)/t11-/m1/s1. The Balaban J connectivity index is 1.90. The molecule has 2 aromatic rings. The van der Waals surface area contributed by atoms with Crippen molar-refractivity contribution in [3.8, 4) is 5.75 Å². The molecule has 0 aliphatic rings. The van der Waals surface area contributed by atoms with Crippen LogP contribution in [0.3, 0.4) is 0 Å². The van der Waals surface area contributed by atoms with Crippen LogP contribution in [0.4, 0.5) is 5.69 Å². The third-order valence-corrected chi connectivity index (χ3v) is 3.96. The highest BCUT2D eigenvalue weighted by molar-refractivity contribution is 7.10. The first-order valence-electron chi connectivity index (χ1n) is 6.88. The maximum atomic E-state index is 11.9. The van der Waals surface area contributed by atoms with Crippen LogP contribution in [0.2, 0.25) is 0 Å². The first-order chi connectivity index (χ1) is 10.6. The van der Waals surface area contributed by atoms with E-state index in [0.717, 1.165) is 4.88 Å². The molecule has 0 spiro atoms. The van der Waals surface area contributed by atoms with E-state index in [-0.39, 0.29) is 24.5 Å². The van der Waals surface area contributed by atoms with Crippen LogP contribution in [-0.2, 0) is 9.59 Å². The smallest absolute Gasteiger partial charge is 0.258 e. The van der Waals surface area contributed by atoms with Gasteiger partial charge in [-0.2, -0.15) is 0 Å². The Morgan fingerprint density at radius 3 is 2.68 bits per heavy atom. The molecule has 0 aliphatic carbocycles. The lowest BCUT2D eigenvalue weighted by atomic mass is 10.2. The van der Waals surface area contributed by atoms with Crippen molar-refractivity contribution in [3.63, 3.8) is 0 Å². The third-order valence-electron chi connectivity index (χ3n) is 2.90. The molecule has 6 heteroatoms. The van der Waals surface area contributed by atoms with Crippen LogP contribution in [0.15, 0.2) is 41.8 Å². The van der Waals surface area contributed by atoms with Crippen LogP contribution in [-0.4, -0.2) is 18.4 Å². The molecule has 1 aromatic carbocycles. The zero-order valence-electron chi connectivity index (χ0n) is 12.5. The van der Waals surface area contributed by atoms with Crippen LogP contribution in [0, 0.1) is 0 Å². The zero-order chi connectivity index (χ0) is 15.9. The molecular formula is C16H18N2O3S. The molecule has 22 heavy (non-hydrogen) atoms. The van der Waals surface area contributed by atoms with Crippen molar-refractivity contribution < 1.29 is 14.3 Å². The predicted octanol–water partition coefficient (Wildman–Crippen LogP) is 2.96. The lowest BCUT2D eigenvalue weighted by molar-refractivity contribution is -0.123. The van der Waals surface area contributed by atoms with E-state index in [1.165, 1.54) is 6.92 Å². The number of carbonyl (C=O) groups excluding carboxylic acids is 2. The summed E-state index contributed by atoms with van der Waals surface area (Å²) in [5.41, 5.74) is 0.550. The lowest BCUT2D eigenvalue weighted by Gasteiger charge is -2.14. The number of thiophene rings is 1. The van der Waals surface area contributed by atoms with Crippen LogP contribution < -0.4 is 15.4 Å². The minimum atomic E-state index is -0.210. The maximum Gasteiger partial charge on any atom is 0.258 e. The van der Waals surface area contributed by atoms with Gasteiger partial charge in [0.05, 0.1) is 11.7 Å². The summed E-state index contributed by atoms with van der Waals surface area (Å²) in [6, 6.07) is 10.9. The number of anilines is 1. The van der Waals surface area contributed by atoms with Gasteiger partial charge in [0.2, 0.25) is 5.91 Å². The molecule has 2 N–H and O–H groups in total. The number of ether oxygens (including phenoxy) is 1. The summed E-state index contributed by atoms with van der Waals surface area (Å²) < 4.78 is 5.49. The Labute approximate surface area is 133 Å². The van der Waals surface area contributed by atoms with Gasteiger partial charge >= 0.3 is 0 Å². The summed E-state index contributed by atoms with van der Waals surface area (Å²) >= 11 is 1.59. The fourth-order valence-corrected chi connectivity index (χ4v) is 2.66. The van der Waals surface area contributed by atoms with Crippen molar-refractivity contribution in [3.05, 3.63) is 46.7 Å². The van der Waals surface area contributed by atoms with E-state index in [9.17, 15) is 9.59 Å². The van der Waals surface area contributed by atoms with Crippen LogP contribution in [0.1, 0.15) is 24.8 Å². The molecule has 0 saturated carbocycles.